The SMILES string of the molecule is COc1ccc(-c2nnc(-c3cn4ccccc4n3)o2)cc1. The predicted molar refractivity (Wildman–Crippen MR) is 80.5 cm³/mol. The second-order valence-corrected chi connectivity index (χ2v) is 4.73. The van der Waals surface area contributed by atoms with Crippen molar-refractivity contribution in [3.63, 3.8) is 0 Å². The third-order valence-corrected chi connectivity index (χ3v) is 3.35. The van der Waals surface area contributed by atoms with E-state index in [1.54, 1.807) is 7.11 Å². The molecule has 0 atom stereocenters. The van der Waals surface area contributed by atoms with Crippen LogP contribution in [-0.4, -0.2) is 26.7 Å². The molecule has 3 heterocycles. The maximum Gasteiger partial charge on any atom is 0.268 e. The normalized spacial score (nSPS) is 11.0. The van der Waals surface area contributed by atoms with E-state index in [0.29, 0.717) is 17.5 Å². The van der Waals surface area contributed by atoms with Crippen molar-refractivity contribution in [1.29, 1.82) is 0 Å². The summed E-state index contributed by atoms with van der Waals surface area (Å²) in [6.07, 6.45) is 3.78. The Morgan fingerprint density at radius 1 is 1.00 bits per heavy atom. The van der Waals surface area contributed by atoms with Gasteiger partial charge in [0, 0.05) is 18.0 Å². The van der Waals surface area contributed by atoms with E-state index >= 15 is 0 Å². The summed E-state index contributed by atoms with van der Waals surface area (Å²) in [6, 6.07) is 13.2. The minimum absolute atomic E-state index is 0.398. The van der Waals surface area contributed by atoms with Crippen molar-refractivity contribution in [3.8, 4) is 28.8 Å². The van der Waals surface area contributed by atoms with Gasteiger partial charge in [0.25, 0.3) is 5.89 Å². The topological polar surface area (TPSA) is 65.5 Å². The summed E-state index contributed by atoms with van der Waals surface area (Å²) in [7, 11) is 1.63. The summed E-state index contributed by atoms with van der Waals surface area (Å²) >= 11 is 0. The Labute approximate surface area is 126 Å². The van der Waals surface area contributed by atoms with Gasteiger partial charge in [-0.25, -0.2) is 4.98 Å². The first kappa shape index (κ1) is 12.6. The van der Waals surface area contributed by atoms with Crippen molar-refractivity contribution in [2.45, 2.75) is 0 Å². The molecule has 0 amide bonds. The van der Waals surface area contributed by atoms with Crippen LogP contribution in [0.5, 0.6) is 5.75 Å². The van der Waals surface area contributed by atoms with Crippen molar-refractivity contribution in [2.24, 2.45) is 0 Å². The molecule has 0 aliphatic carbocycles. The highest BCUT2D eigenvalue weighted by molar-refractivity contribution is 5.58. The van der Waals surface area contributed by atoms with Gasteiger partial charge in [-0.15, -0.1) is 10.2 Å². The molecule has 108 valence electrons. The van der Waals surface area contributed by atoms with E-state index in [2.05, 4.69) is 15.2 Å². The number of hydrogen-bond donors (Lipinski definition) is 0. The maximum atomic E-state index is 5.72. The van der Waals surface area contributed by atoms with Crippen LogP contribution < -0.4 is 4.74 Å². The van der Waals surface area contributed by atoms with E-state index in [0.717, 1.165) is 17.0 Å². The molecule has 6 nitrogen and oxygen atoms in total. The first-order valence-electron chi connectivity index (χ1n) is 6.75. The molecule has 0 bridgehead atoms. The van der Waals surface area contributed by atoms with Gasteiger partial charge < -0.3 is 13.6 Å². The average molecular weight is 292 g/mol. The fraction of sp³-hybridized carbons (Fsp3) is 0.0625. The van der Waals surface area contributed by atoms with Crippen molar-refractivity contribution >= 4 is 5.65 Å². The number of benzene rings is 1. The fourth-order valence-electron chi connectivity index (χ4n) is 2.21. The zero-order chi connectivity index (χ0) is 14.9. The second kappa shape index (κ2) is 5.00. The first-order chi connectivity index (χ1) is 10.8. The molecular weight excluding hydrogens is 280 g/mol. The minimum Gasteiger partial charge on any atom is -0.497 e. The van der Waals surface area contributed by atoms with Gasteiger partial charge in [-0.1, -0.05) is 6.07 Å². The number of aromatic nitrogens is 4. The number of rotatable bonds is 3. The van der Waals surface area contributed by atoms with E-state index in [-0.39, 0.29) is 0 Å². The molecule has 0 N–H and O–H groups in total. The number of ether oxygens (including phenoxy) is 1. The standard InChI is InChI=1S/C16H12N4O2/c1-21-12-7-5-11(6-8-12)15-18-19-16(22-15)13-10-20-9-3-2-4-14(20)17-13/h2-10H,1H3. The Hall–Kier alpha value is -3.15. The molecule has 4 rings (SSSR count). The molecule has 0 unspecified atom stereocenters. The number of imidazole rings is 1. The van der Waals surface area contributed by atoms with Gasteiger partial charge in [-0.2, -0.15) is 0 Å². The maximum absolute atomic E-state index is 5.72. The molecule has 4 aromatic rings. The quantitative estimate of drug-likeness (QED) is 0.580. The van der Waals surface area contributed by atoms with Gasteiger partial charge >= 0.3 is 0 Å². The molecule has 0 aliphatic rings. The van der Waals surface area contributed by atoms with Crippen LogP contribution in [0.15, 0.2) is 59.3 Å². The second-order valence-electron chi connectivity index (χ2n) is 4.73. The lowest BCUT2D eigenvalue weighted by atomic mass is 10.2. The Balaban J connectivity index is 1.70. The molecule has 22 heavy (non-hydrogen) atoms. The lowest BCUT2D eigenvalue weighted by Gasteiger charge is -1.99. The fourth-order valence-corrected chi connectivity index (χ4v) is 2.21. The third kappa shape index (κ3) is 2.10. The summed E-state index contributed by atoms with van der Waals surface area (Å²) in [5.74, 6) is 1.63. The largest absolute Gasteiger partial charge is 0.497 e. The van der Waals surface area contributed by atoms with Crippen molar-refractivity contribution < 1.29 is 9.15 Å². The van der Waals surface area contributed by atoms with E-state index in [1.165, 1.54) is 0 Å². The molecule has 0 saturated carbocycles. The van der Waals surface area contributed by atoms with Crippen LogP contribution in [0.2, 0.25) is 0 Å². The summed E-state index contributed by atoms with van der Waals surface area (Å²) in [4.78, 5) is 4.46. The molecule has 3 aromatic heterocycles. The molecule has 1 aromatic carbocycles. The van der Waals surface area contributed by atoms with Crippen molar-refractivity contribution in [1.82, 2.24) is 19.6 Å². The average Bonchev–Trinajstić information content (AvgIpc) is 3.21. The number of hydrogen-bond acceptors (Lipinski definition) is 5. The molecule has 0 fully saturated rings. The zero-order valence-corrected chi connectivity index (χ0v) is 11.8. The molecule has 0 aliphatic heterocycles. The van der Waals surface area contributed by atoms with Crippen LogP contribution in [0.1, 0.15) is 0 Å². The molecule has 6 heteroatoms. The van der Waals surface area contributed by atoms with Gasteiger partial charge in [-0.05, 0) is 36.4 Å². The minimum atomic E-state index is 0.398. The van der Waals surface area contributed by atoms with E-state index in [9.17, 15) is 0 Å². The lowest BCUT2D eigenvalue weighted by molar-refractivity contribution is 0.415. The summed E-state index contributed by atoms with van der Waals surface area (Å²) in [5.41, 5.74) is 2.32. The van der Waals surface area contributed by atoms with Gasteiger partial charge in [0.1, 0.15) is 17.1 Å². The van der Waals surface area contributed by atoms with Gasteiger partial charge in [0.15, 0.2) is 0 Å². The third-order valence-electron chi connectivity index (χ3n) is 3.35. The Kier molecular flexibility index (Phi) is 2.86. The summed E-state index contributed by atoms with van der Waals surface area (Å²) in [6.45, 7) is 0. The van der Waals surface area contributed by atoms with Crippen LogP contribution in [-0.2, 0) is 0 Å². The van der Waals surface area contributed by atoms with Crippen LogP contribution in [0.3, 0.4) is 0 Å². The first-order valence-corrected chi connectivity index (χ1v) is 6.75. The smallest absolute Gasteiger partial charge is 0.268 e. The summed E-state index contributed by atoms with van der Waals surface area (Å²) in [5, 5.41) is 8.16. The number of pyridine rings is 1. The van der Waals surface area contributed by atoms with Crippen LogP contribution in [0, 0.1) is 0 Å². The van der Waals surface area contributed by atoms with Gasteiger partial charge in [0.2, 0.25) is 5.89 Å². The number of fused-ring (bicyclic) bond motifs is 1. The highest BCUT2D eigenvalue weighted by Crippen LogP contribution is 2.25. The zero-order valence-electron chi connectivity index (χ0n) is 11.8. The lowest BCUT2D eigenvalue weighted by Crippen LogP contribution is -1.82. The predicted octanol–water partition coefficient (Wildman–Crippen LogP) is 3.06. The molecular formula is C16H12N4O2. The van der Waals surface area contributed by atoms with E-state index in [4.69, 9.17) is 9.15 Å². The van der Waals surface area contributed by atoms with E-state index in [1.807, 2.05) is 59.3 Å². The summed E-state index contributed by atoms with van der Waals surface area (Å²) < 4.78 is 12.8. The highest BCUT2D eigenvalue weighted by Gasteiger charge is 2.13. The molecule has 0 spiro atoms. The van der Waals surface area contributed by atoms with Crippen LogP contribution in [0.4, 0.5) is 0 Å². The molecule has 0 radical (unpaired) electrons. The van der Waals surface area contributed by atoms with Crippen molar-refractivity contribution in [2.75, 3.05) is 7.11 Å². The monoisotopic (exact) mass is 292 g/mol. The Bertz CT molecular complexity index is 892. The van der Waals surface area contributed by atoms with Gasteiger partial charge in [0.05, 0.1) is 7.11 Å². The number of nitrogens with zero attached hydrogens (tertiary/aromatic N) is 4. The van der Waals surface area contributed by atoms with E-state index < -0.39 is 0 Å². The van der Waals surface area contributed by atoms with Crippen LogP contribution in [0.25, 0.3) is 28.7 Å². The molecule has 0 saturated heterocycles. The van der Waals surface area contributed by atoms with Crippen molar-refractivity contribution in [3.05, 3.63) is 54.9 Å². The Morgan fingerprint density at radius 2 is 1.82 bits per heavy atom. The number of methoxy groups -OCH3 is 1. The highest BCUT2D eigenvalue weighted by atomic mass is 16.5. The van der Waals surface area contributed by atoms with Crippen LogP contribution >= 0.6 is 0 Å². The van der Waals surface area contributed by atoms with Gasteiger partial charge in [-0.3, -0.25) is 0 Å². The Morgan fingerprint density at radius 3 is 2.59 bits per heavy atom.